The van der Waals surface area contributed by atoms with Crippen molar-refractivity contribution in [3.05, 3.63) is 0 Å². The summed E-state index contributed by atoms with van der Waals surface area (Å²) in [5.41, 5.74) is 0. The smallest absolute Gasteiger partial charge is 0.326 e. The molecule has 0 saturated heterocycles. The van der Waals surface area contributed by atoms with Gasteiger partial charge < -0.3 is 20.6 Å². The lowest BCUT2D eigenvalue weighted by Crippen LogP contribution is -2.41. The van der Waals surface area contributed by atoms with Gasteiger partial charge in [-0.2, -0.15) is 0 Å². The first kappa shape index (κ1) is 14.4. The molecular weight excluding hydrogens is 218 g/mol. The maximum atomic E-state index is 11.1. The quantitative estimate of drug-likeness (QED) is 0.435. The first-order chi connectivity index (χ1) is 7.47. The highest BCUT2D eigenvalue weighted by molar-refractivity contribution is 5.83. The molecule has 0 aliphatic rings. The number of aliphatic hydroxyl groups is 1. The molecule has 1 amide bonds. The Morgan fingerprint density at radius 3 is 2.19 bits per heavy atom. The number of amides is 1. The van der Waals surface area contributed by atoms with Gasteiger partial charge in [-0.3, -0.25) is 9.59 Å². The van der Waals surface area contributed by atoms with Crippen LogP contribution in [0.1, 0.15) is 25.7 Å². The minimum Gasteiger partial charge on any atom is -0.481 e. The third kappa shape index (κ3) is 6.77. The van der Waals surface area contributed by atoms with Crippen LogP contribution in [0.25, 0.3) is 0 Å². The van der Waals surface area contributed by atoms with Crippen LogP contribution in [0, 0.1) is 0 Å². The average molecular weight is 233 g/mol. The van der Waals surface area contributed by atoms with Crippen LogP contribution in [-0.2, 0) is 14.4 Å². The molecule has 0 aliphatic carbocycles. The number of aliphatic carboxylic acids is 2. The van der Waals surface area contributed by atoms with Crippen LogP contribution in [0.5, 0.6) is 0 Å². The predicted octanol–water partition coefficient (Wildman–Crippen LogP) is -0.807. The predicted molar refractivity (Wildman–Crippen MR) is 52.8 cm³/mol. The van der Waals surface area contributed by atoms with Gasteiger partial charge >= 0.3 is 11.9 Å². The molecule has 0 aromatic heterocycles. The van der Waals surface area contributed by atoms with Gasteiger partial charge in [0.25, 0.3) is 0 Å². The van der Waals surface area contributed by atoms with Crippen molar-refractivity contribution in [2.24, 2.45) is 0 Å². The summed E-state index contributed by atoms with van der Waals surface area (Å²) in [6, 6.07) is -1.19. The molecular formula is C9H15NO6. The highest BCUT2D eigenvalue weighted by Crippen LogP contribution is 1.99. The Morgan fingerprint density at radius 2 is 1.75 bits per heavy atom. The number of carbonyl (C=O) groups is 3. The second-order valence-corrected chi connectivity index (χ2v) is 3.22. The first-order valence-electron chi connectivity index (χ1n) is 4.82. The van der Waals surface area contributed by atoms with Crippen LogP contribution in [0.4, 0.5) is 0 Å². The van der Waals surface area contributed by atoms with Crippen molar-refractivity contribution < 1.29 is 29.7 Å². The number of hydrogen-bond donors (Lipinski definition) is 4. The van der Waals surface area contributed by atoms with Crippen molar-refractivity contribution in [3.63, 3.8) is 0 Å². The zero-order valence-electron chi connectivity index (χ0n) is 8.68. The van der Waals surface area contributed by atoms with Crippen LogP contribution in [0.2, 0.25) is 0 Å². The van der Waals surface area contributed by atoms with E-state index in [2.05, 4.69) is 5.32 Å². The molecule has 0 bridgehead atoms. The van der Waals surface area contributed by atoms with E-state index in [-0.39, 0.29) is 32.3 Å². The number of nitrogens with one attached hydrogen (secondary N) is 1. The Bertz CT molecular complexity index is 265. The lowest BCUT2D eigenvalue weighted by molar-refractivity contribution is -0.143. The summed E-state index contributed by atoms with van der Waals surface area (Å²) < 4.78 is 0. The molecule has 0 fully saturated rings. The summed E-state index contributed by atoms with van der Waals surface area (Å²) in [6.45, 7) is -0.152. The van der Waals surface area contributed by atoms with Gasteiger partial charge in [0.05, 0.1) is 0 Å². The highest BCUT2D eigenvalue weighted by atomic mass is 16.4. The fraction of sp³-hybridized carbons (Fsp3) is 0.667. The van der Waals surface area contributed by atoms with Gasteiger partial charge in [0, 0.05) is 19.4 Å². The van der Waals surface area contributed by atoms with Crippen molar-refractivity contribution in [2.45, 2.75) is 31.7 Å². The van der Waals surface area contributed by atoms with Crippen LogP contribution in [0.15, 0.2) is 0 Å². The van der Waals surface area contributed by atoms with E-state index in [9.17, 15) is 14.4 Å². The molecule has 0 aromatic carbocycles. The Balaban J connectivity index is 4.07. The van der Waals surface area contributed by atoms with Gasteiger partial charge in [0.15, 0.2) is 0 Å². The molecule has 0 saturated carbocycles. The van der Waals surface area contributed by atoms with Gasteiger partial charge in [0.2, 0.25) is 5.91 Å². The molecule has 0 aliphatic heterocycles. The van der Waals surface area contributed by atoms with Crippen molar-refractivity contribution >= 4 is 17.8 Å². The first-order valence-corrected chi connectivity index (χ1v) is 4.82. The summed E-state index contributed by atoms with van der Waals surface area (Å²) >= 11 is 0. The Morgan fingerprint density at radius 1 is 1.12 bits per heavy atom. The van der Waals surface area contributed by atoms with Gasteiger partial charge in [-0.15, -0.1) is 0 Å². The van der Waals surface area contributed by atoms with Crippen molar-refractivity contribution in [1.82, 2.24) is 5.32 Å². The van der Waals surface area contributed by atoms with Crippen LogP contribution < -0.4 is 5.32 Å². The summed E-state index contributed by atoms with van der Waals surface area (Å²) in [5, 5.41) is 27.7. The van der Waals surface area contributed by atoms with Gasteiger partial charge in [-0.05, 0) is 12.8 Å². The van der Waals surface area contributed by atoms with Crippen molar-refractivity contribution in [3.8, 4) is 0 Å². The molecule has 1 atom stereocenters. The Kier molecular flexibility index (Phi) is 6.86. The van der Waals surface area contributed by atoms with E-state index in [1.54, 1.807) is 0 Å². The van der Waals surface area contributed by atoms with Crippen LogP contribution >= 0.6 is 0 Å². The van der Waals surface area contributed by atoms with Gasteiger partial charge in [-0.25, -0.2) is 4.79 Å². The zero-order valence-corrected chi connectivity index (χ0v) is 8.68. The lowest BCUT2D eigenvalue weighted by Gasteiger charge is -2.13. The lowest BCUT2D eigenvalue weighted by atomic mass is 10.1. The number of carboxylic acid groups (broad SMARTS) is 2. The minimum atomic E-state index is -1.27. The number of aliphatic hydroxyl groups excluding tert-OH is 1. The van der Waals surface area contributed by atoms with Crippen molar-refractivity contribution in [2.75, 3.05) is 6.61 Å². The van der Waals surface area contributed by atoms with E-state index in [4.69, 9.17) is 15.3 Å². The highest BCUT2D eigenvalue weighted by Gasteiger charge is 2.20. The molecule has 0 aromatic rings. The normalized spacial score (nSPS) is 11.8. The maximum Gasteiger partial charge on any atom is 0.326 e. The van der Waals surface area contributed by atoms with E-state index in [1.165, 1.54) is 0 Å². The summed E-state index contributed by atoms with van der Waals surface area (Å²) in [6.07, 6.45) is -0.211. The van der Waals surface area contributed by atoms with Gasteiger partial charge in [0.1, 0.15) is 6.04 Å². The molecule has 7 nitrogen and oxygen atoms in total. The standard InChI is InChI=1S/C9H15NO6/c11-5-1-2-7(12)10-6(9(15)16)3-4-8(13)14/h6,11H,1-5H2,(H,10,12)(H,13,14)(H,15,16)/t6-/m0/s1. The Hall–Kier alpha value is -1.63. The fourth-order valence-corrected chi connectivity index (χ4v) is 1.03. The second kappa shape index (κ2) is 7.63. The second-order valence-electron chi connectivity index (χ2n) is 3.22. The molecule has 0 heterocycles. The summed E-state index contributed by atoms with van der Waals surface area (Å²) in [5.74, 6) is -2.89. The van der Waals surface area contributed by atoms with E-state index in [0.717, 1.165) is 0 Å². The fourth-order valence-electron chi connectivity index (χ4n) is 1.03. The van der Waals surface area contributed by atoms with Crippen molar-refractivity contribution in [1.29, 1.82) is 0 Å². The largest absolute Gasteiger partial charge is 0.481 e. The molecule has 0 radical (unpaired) electrons. The SMILES string of the molecule is O=C(O)CC[C@H](NC(=O)CCCO)C(=O)O. The molecule has 92 valence electrons. The third-order valence-corrected chi connectivity index (χ3v) is 1.84. The number of rotatable bonds is 8. The van der Waals surface area contributed by atoms with E-state index >= 15 is 0 Å². The van der Waals surface area contributed by atoms with Gasteiger partial charge in [-0.1, -0.05) is 0 Å². The summed E-state index contributed by atoms with van der Waals surface area (Å²) in [7, 11) is 0. The number of carbonyl (C=O) groups excluding carboxylic acids is 1. The minimum absolute atomic E-state index is 0.0212. The number of carboxylic acids is 2. The molecule has 16 heavy (non-hydrogen) atoms. The summed E-state index contributed by atoms with van der Waals surface area (Å²) in [4.78, 5) is 32.0. The zero-order chi connectivity index (χ0) is 12.6. The molecule has 0 rings (SSSR count). The average Bonchev–Trinajstić information content (AvgIpc) is 2.20. The third-order valence-electron chi connectivity index (χ3n) is 1.84. The monoisotopic (exact) mass is 233 g/mol. The molecule has 7 heteroatoms. The number of hydrogen-bond acceptors (Lipinski definition) is 4. The topological polar surface area (TPSA) is 124 Å². The Labute approximate surface area is 92.1 Å². The van der Waals surface area contributed by atoms with E-state index in [0.29, 0.717) is 0 Å². The molecule has 4 N–H and O–H groups in total. The van der Waals surface area contributed by atoms with Crippen LogP contribution in [0.3, 0.4) is 0 Å². The van der Waals surface area contributed by atoms with Crippen LogP contribution in [-0.4, -0.2) is 45.8 Å². The van der Waals surface area contributed by atoms with E-state index in [1.807, 2.05) is 0 Å². The molecule has 0 unspecified atom stereocenters. The maximum absolute atomic E-state index is 11.1. The van der Waals surface area contributed by atoms with E-state index < -0.39 is 23.9 Å². The molecule has 0 spiro atoms.